The Morgan fingerprint density at radius 2 is 2.00 bits per heavy atom. The highest BCUT2D eigenvalue weighted by atomic mass is 32.1. The first-order valence-corrected chi connectivity index (χ1v) is 7.81. The van der Waals surface area contributed by atoms with Crippen LogP contribution in [0, 0.1) is 6.92 Å². The van der Waals surface area contributed by atoms with E-state index in [2.05, 4.69) is 58.8 Å². The highest BCUT2D eigenvalue weighted by Crippen LogP contribution is 2.28. The second-order valence-electron chi connectivity index (χ2n) is 5.39. The van der Waals surface area contributed by atoms with Crippen molar-refractivity contribution in [1.29, 1.82) is 0 Å². The molecule has 108 valence electrons. The van der Waals surface area contributed by atoms with Gasteiger partial charge in [-0.05, 0) is 42.0 Å². The highest BCUT2D eigenvalue weighted by Gasteiger charge is 2.11. The molecule has 2 aromatic heterocycles. The van der Waals surface area contributed by atoms with Crippen LogP contribution in [-0.2, 0) is 0 Å². The molecule has 5 heteroatoms. The zero-order chi connectivity index (χ0) is 15.0. The second-order valence-corrected chi connectivity index (χ2v) is 6.34. The summed E-state index contributed by atoms with van der Waals surface area (Å²) in [4.78, 5) is 8.94. The summed E-state index contributed by atoms with van der Waals surface area (Å²) in [6, 6.07) is 8.42. The lowest BCUT2D eigenvalue weighted by atomic mass is 10.2. The van der Waals surface area contributed by atoms with Gasteiger partial charge in [-0.25, -0.2) is 9.97 Å². The fourth-order valence-corrected chi connectivity index (χ4v) is 2.88. The summed E-state index contributed by atoms with van der Waals surface area (Å²) in [5.74, 6) is 2.32. The van der Waals surface area contributed by atoms with Crippen LogP contribution in [0.4, 0.5) is 17.3 Å². The Labute approximate surface area is 128 Å². The number of nitrogens with zero attached hydrogens (tertiary/aromatic N) is 2. The Morgan fingerprint density at radius 1 is 1.19 bits per heavy atom. The van der Waals surface area contributed by atoms with E-state index >= 15 is 0 Å². The molecule has 0 atom stereocenters. The Balaban J connectivity index is 1.99. The van der Waals surface area contributed by atoms with Gasteiger partial charge >= 0.3 is 0 Å². The molecule has 0 aliphatic carbocycles. The van der Waals surface area contributed by atoms with Crippen molar-refractivity contribution in [2.24, 2.45) is 0 Å². The predicted molar refractivity (Wildman–Crippen MR) is 90.4 cm³/mol. The summed E-state index contributed by atoms with van der Waals surface area (Å²) in [7, 11) is 0. The van der Waals surface area contributed by atoms with Crippen LogP contribution in [0.15, 0.2) is 29.6 Å². The number of nitrogens with two attached hydrogens (primary N) is 1. The van der Waals surface area contributed by atoms with Crippen LogP contribution in [0.5, 0.6) is 0 Å². The van der Waals surface area contributed by atoms with Gasteiger partial charge in [-0.2, -0.15) is 0 Å². The lowest BCUT2D eigenvalue weighted by Crippen LogP contribution is -2.08. The van der Waals surface area contributed by atoms with Crippen LogP contribution in [0.1, 0.15) is 31.2 Å². The minimum absolute atomic E-state index is 0.243. The average Bonchev–Trinajstić information content (AvgIpc) is 2.91. The molecule has 0 fully saturated rings. The van der Waals surface area contributed by atoms with Crippen molar-refractivity contribution in [2.75, 3.05) is 11.1 Å². The SMILES string of the molecule is Cc1c(N)nc(C(C)C)nc1Nc1ccc2sccc2c1. The molecule has 0 amide bonds. The lowest BCUT2D eigenvalue weighted by molar-refractivity contribution is 0.776. The third kappa shape index (κ3) is 2.69. The number of hydrogen-bond donors (Lipinski definition) is 2. The molecule has 0 bridgehead atoms. The number of anilines is 3. The maximum atomic E-state index is 6.00. The Hall–Kier alpha value is -2.14. The van der Waals surface area contributed by atoms with Crippen molar-refractivity contribution in [1.82, 2.24) is 9.97 Å². The maximum Gasteiger partial charge on any atom is 0.139 e. The van der Waals surface area contributed by atoms with E-state index in [1.165, 1.54) is 10.1 Å². The molecular weight excluding hydrogens is 280 g/mol. The zero-order valence-corrected chi connectivity index (χ0v) is 13.2. The molecule has 0 aliphatic heterocycles. The summed E-state index contributed by atoms with van der Waals surface area (Å²) >= 11 is 1.74. The van der Waals surface area contributed by atoms with Gasteiger partial charge in [0.25, 0.3) is 0 Å². The van der Waals surface area contributed by atoms with Gasteiger partial charge in [0.2, 0.25) is 0 Å². The number of nitrogen functional groups attached to an aromatic ring is 1. The molecule has 0 saturated carbocycles. The smallest absolute Gasteiger partial charge is 0.139 e. The minimum atomic E-state index is 0.243. The van der Waals surface area contributed by atoms with E-state index < -0.39 is 0 Å². The quantitative estimate of drug-likeness (QED) is 0.750. The molecule has 21 heavy (non-hydrogen) atoms. The Morgan fingerprint density at radius 3 is 2.76 bits per heavy atom. The van der Waals surface area contributed by atoms with Crippen LogP contribution < -0.4 is 11.1 Å². The summed E-state index contributed by atoms with van der Waals surface area (Å²) in [6.07, 6.45) is 0. The highest BCUT2D eigenvalue weighted by molar-refractivity contribution is 7.17. The van der Waals surface area contributed by atoms with Gasteiger partial charge in [-0.3, -0.25) is 0 Å². The van der Waals surface area contributed by atoms with Crippen molar-refractivity contribution < 1.29 is 0 Å². The van der Waals surface area contributed by atoms with Gasteiger partial charge in [0.15, 0.2) is 0 Å². The van der Waals surface area contributed by atoms with Gasteiger partial charge in [0.05, 0.1) is 0 Å². The van der Waals surface area contributed by atoms with Gasteiger partial charge in [-0.1, -0.05) is 13.8 Å². The molecule has 3 aromatic rings. The van der Waals surface area contributed by atoms with Crippen LogP contribution in [0.2, 0.25) is 0 Å². The first-order chi connectivity index (χ1) is 10.0. The van der Waals surface area contributed by atoms with Gasteiger partial charge in [-0.15, -0.1) is 11.3 Å². The van der Waals surface area contributed by atoms with E-state index in [1.807, 2.05) is 6.92 Å². The number of nitrogens with one attached hydrogen (secondary N) is 1. The third-order valence-electron chi connectivity index (χ3n) is 3.43. The second kappa shape index (κ2) is 5.33. The molecule has 4 nitrogen and oxygen atoms in total. The molecule has 0 unspecified atom stereocenters. The Kier molecular flexibility index (Phi) is 3.51. The average molecular weight is 298 g/mol. The van der Waals surface area contributed by atoms with Crippen molar-refractivity contribution >= 4 is 38.7 Å². The number of aromatic nitrogens is 2. The number of thiophene rings is 1. The van der Waals surface area contributed by atoms with Crippen molar-refractivity contribution in [2.45, 2.75) is 26.7 Å². The van der Waals surface area contributed by atoms with E-state index in [1.54, 1.807) is 11.3 Å². The fourth-order valence-electron chi connectivity index (χ4n) is 2.11. The van der Waals surface area contributed by atoms with Crippen LogP contribution in [-0.4, -0.2) is 9.97 Å². The summed E-state index contributed by atoms with van der Waals surface area (Å²) in [6.45, 7) is 6.06. The number of fused-ring (bicyclic) bond motifs is 1. The molecule has 3 N–H and O–H groups in total. The summed E-state index contributed by atoms with van der Waals surface area (Å²) < 4.78 is 1.28. The first kappa shape index (κ1) is 13.8. The maximum absolute atomic E-state index is 6.00. The van der Waals surface area contributed by atoms with E-state index in [9.17, 15) is 0 Å². The van der Waals surface area contributed by atoms with Crippen LogP contribution in [0.25, 0.3) is 10.1 Å². The van der Waals surface area contributed by atoms with Crippen LogP contribution in [0.3, 0.4) is 0 Å². The van der Waals surface area contributed by atoms with E-state index in [4.69, 9.17) is 5.73 Å². The zero-order valence-electron chi connectivity index (χ0n) is 12.3. The number of benzene rings is 1. The van der Waals surface area contributed by atoms with E-state index in [-0.39, 0.29) is 5.92 Å². The molecule has 1 aromatic carbocycles. The van der Waals surface area contributed by atoms with Crippen molar-refractivity contribution in [3.8, 4) is 0 Å². The minimum Gasteiger partial charge on any atom is -0.383 e. The fraction of sp³-hybridized carbons (Fsp3) is 0.250. The van der Waals surface area contributed by atoms with Gasteiger partial charge < -0.3 is 11.1 Å². The molecule has 3 rings (SSSR count). The first-order valence-electron chi connectivity index (χ1n) is 6.93. The largest absolute Gasteiger partial charge is 0.383 e. The third-order valence-corrected chi connectivity index (χ3v) is 4.33. The molecule has 0 aliphatic rings. The van der Waals surface area contributed by atoms with Crippen molar-refractivity contribution in [3.63, 3.8) is 0 Å². The topological polar surface area (TPSA) is 63.8 Å². The molecule has 0 spiro atoms. The van der Waals surface area contributed by atoms with Crippen molar-refractivity contribution in [3.05, 3.63) is 41.0 Å². The molecule has 2 heterocycles. The molecular formula is C16H18N4S. The number of rotatable bonds is 3. The predicted octanol–water partition coefficient (Wildman–Crippen LogP) is 4.45. The van der Waals surface area contributed by atoms with Crippen LogP contribution >= 0.6 is 11.3 Å². The normalized spacial score (nSPS) is 11.2. The standard InChI is InChI=1S/C16H18N4S/c1-9(2)15-19-14(17)10(3)16(20-15)18-12-4-5-13-11(8-12)6-7-21-13/h4-9H,1-3H3,(H3,17,18,19,20). The Bertz CT molecular complexity index is 792. The summed E-state index contributed by atoms with van der Waals surface area (Å²) in [5, 5.41) is 6.69. The monoisotopic (exact) mass is 298 g/mol. The van der Waals surface area contributed by atoms with Gasteiger partial charge in [0.1, 0.15) is 17.5 Å². The van der Waals surface area contributed by atoms with Gasteiger partial charge in [0, 0.05) is 21.9 Å². The molecule has 0 radical (unpaired) electrons. The van der Waals surface area contributed by atoms with E-state index in [0.29, 0.717) is 5.82 Å². The number of hydrogen-bond acceptors (Lipinski definition) is 5. The molecule has 0 saturated heterocycles. The summed E-state index contributed by atoms with van der Waals surface area (Å²) in [5.41, 5.74) is 7.89. The van der Waals surface area contributed by atoms with E-state index in [0.717, 1.165) is 22.9 Å². The lowest BCUT2D eigenvalue weighted by Gasteiger charge is -2.13.